The minimum absolute atomic E-state index is 0.0465. The molecule has 0 bridgehead atoms. The number of primary amides is 1. The van der Waals surface area contributed by atoms with Crippen LogP contribution in [0.1, 0.15) is 30.4 Å². The van der Waals surface area contributed by atoms with E-state index < -0.39 is 47.9 Å². The fourth-order valence-electron chi connectivity index (χ4n) is 10.8. The molecule has 0 radical (unpaired) electrons. The van der Waals surface area contributed by atoms with Gasteiger partial charge in [0.2, 0.25) is 23.6 Å². The highest BCUT2D eigenvalue weighted by Crippen LogP contribution is 2.38. The summed E-state index contributed by atoms with van der Waals surface area (Å²) < 4.78 is 66.4. The number of hydrogen-bond acceptors (Lipinski definition) is 18. The van der Waals surface area contributed by atoms with Crippen molar-refractivity contribution in [3.63, 3.8) is 0 Å². The van der Waals surface area contributed by atoms with Crippen LogP contribution in [-0.4, -0.2) is 213 Å². The van der Waals surface area contributed by atoms with Crippen molar-refractivity contribution in [2.24, 2.45) is 11.5 Å². The van der Waals surface area contributed by atoms with E-state index in [1.807, 2.05) is 42.5 Å². The van der Waals surface area contributed by atoms with E-state index in [4.69, 9.17) is 68.3 Å². The van der Waals surface area contributed by atoms with Gasteiger partial charge in [0.15, 0.2) is 5.78 Å². The standard InChI is InChI=1S/C70H89N5O17/c71-21-25-83-29-33-87-37-41-91-45-43-90-40-36-86-32-28-82-24-20-64(78)74-60(47-56-13-11-54-9-7-50-3-1-5-52-15-17-58(56)68(54)66(50)52)62(76)49-65(79)75-61(48-57-14-12-55-10-8-51-4-2-6-53-16-18-59(57)69(55)67(51)53)70(80)73-22-26-84-30-34-88-38-42-92-46-44-89-39-35-85-31-27-81-23-19-63(72)77/h1-18,60-61H,19-49,71H2,(H2,72,77)(H,73,80)(H,74,78)(H,75,79)/t60-,61+/m0/s1. The summed E-state index contributed by atoms with van der Waals surface area (Å²) in [6, 6.07) is 34.8. The Kier molecular flexibility index (Phi) is 30.8. The minimum atomic E-state index is -1.10. The molecule has 0 saturated heterocycles. The predicted molar refractivity (Wildman–Crippen MR) is 352 cm³/mol. The van der Waals surface area contributed by atoms with Crippen molar-refractivity contribution in [2.45, 2.75) is 44.2 Å². The van der Waals surface area contributed by atoms with E-state index >= 15 is 0 Å². The molecule has 0 heterocycles. The molecule has 0 aromatic heterocycles. The van der Waals surface area contributed by atoms with E-state index in [0.717, 1.165) is 75.8 Å². The first-order valence-corrected chi connectivity index (χ1v) is 31.8. The van der Waals surface area contributed by atoms with Gasteiger partial charge in [-0.25, -0.2) is 0 Å². The third-order valence-electron chi connectivity index (χ3n) is 15.3. The highest BCUT2D eigenvalue weighted by atomic mass is 16.6. The van der Waals surface area contributed by atoms with Gasteiger partial charge in [-0.1, -0.05) is 109 Å². The normalized spacial score (nSPS) is 12.5. The SMILES string of the molecule is NCCOCCOCCOCCOCCOCCOCCC(=O)N[C@@H](Cc1ccc2ccc3cccc4ccc1c2c34)C(=O)CC(=O)N[C@H](Cc1ccc2ccc3cccc4ccc1c2c34)C(=O)NCCOCCOCCOCCOCCOCCOCCC(N)=O. The summed E-state index contributed by atoms with van der Waals surface area (Å²) in [5.74, 6) is -2.47. The van der Waals surface area contributed by atoms with Gasteiger partial charge in [-0.2, -0.15) is 0 Å². The second-order valence-electron chi connectivity index (χ2n) is 21.8. The summed E-state index contributed by atoms with van der Waals surface area (Å²) in [5, 5.41) is 21.5. The summed E-state index contributed by atoms with van der Waals surface area (Å²) in [4.78, 5) is 67.9. The first-order chi connectivity index (χ1) is 45.2. The van der Waals surface area contributed by atoms with Gasteiger partial charge in [-0.05, 0) is 75.8 Å². The van der Waals surface area contributed by atoms with Crippen LogP contribution in [0.15, 0.2) is 109 Å². The topological polar surface area (TPSA) is 284 Å². The number of nitrogens with one attached hydrogen (secondary N) is 3. The fraction of sp³-hybridized carbons (Fsp3) is 0.471. The van der Waals surface area contributed by atoms with Gasteiger partial charge in [0, 0.05) is 38.8 Å². The van der Waals surface area contributed by atoms with Crippen molar-refractivity contribution in [1.29, 1.82) is 0 Å². The fourth-order valence-corrected chi connectivity index (χ4v) is 10.8. The van der Waals surface area contributed by atoms with E-state index in [2.05, 4.69) is 82.7 Å². The molecule has 0 aliphatic carbocycles. The lowest BCUT2D eigenvalue weighted by Crippen LogP contribution is -2.50. The molecule has 0 aliphatic heterocycles. The van der Waals surface area contributed by atoms with E-state index in [-0.39, 0.29) is 71.9 Å². The van der Waals surface area contributed by atoms with Crippen molar-refractivity contribution >= 4 is 94.0 Å². The maximum Gasteiger partial charge on any atom is 0.243 e. The quantitative estimate of drug-likeness (QED) is 0.0173. The lowest BCUT2D eigenvalue weighted by molar-refractivity contribution is -0.134. The van der Waals surface area contributed by atoms with Crippen molar-refractivity contribution in [2.75, 3.05) is 172 Å². The molecule has 8 aromatic rings. The van der Waals surface area contributed by atoms with E-state index in [9.17, 15) is 24.0 Å². The van der Waals surface area contributed by atoms with Crippen molar-refractivity contribution in [3.05, 3.63) is 120 Å². The average Bonchev–Trinajstić information content (AvgIpc) is 0.756. The maximum absolute atomic E-state index is 14.7. The van der Waals surface area contributed by atoms with Crippen molar-refractivity contribution in [3.8, 4) is 0 Å². The number of ether oxygens (including phenoxy) is 12. The lowest BCUT2D eigenvalue weighted by atomic mass is 9.89. The van der Waals surface area contributed by atoms with Crippen LogP contribution in [-0.2, 0) is 93.7 Å². The van der Waals surface area contributed by atoms with E-state index in [0.29, 0.717) is 125 Å². The zero-order chi connectivity index (χ0) is 64.4. The Bertz CT molecular complexity index is 3480. The van der Waals surface area contributed by atoms with Crippen LogP contribution in [0.4, 0.5) is 0 Å². The van der Waals surface area contributed by atoms with Gasteiger partial charge >= 0.3 is 0 Å². The summed E-state index contributed by atoms with van der Waals surface area (Å²) in [5.41, 5.74) is 12.2. The number of Topliss-reactive ketones (excluding diaryl/α,β-unsaturated/α-hetero) is 1. The van der Waals surface area contributed by atoms with Gasteiger partial charge in [0.25, 0.3) is 0 Å². The Morgan fingerprint density at radius 3 is 1.08 bits per heavy atom. The van der Waals surface area contributed by atoms with E-state index in [1.165, 1.54) is 0 Å². The molecule has 0 saturated carbocycles. The zero-order valence-corrected chi connectivity index (χ0v) is 52.6. The highest BCUT2D eigenvalue weighted by Gasteiger charge is 2.28. The molecule has 0 unspecified atom stereocenters. The summed E-state index contributed by atoms with van der Waals surface area (Å²) in [6.45, 7) is 9.33. The Balaban J connectivity index is 0.825. The number of nitrogens with two attached hydrogens (primary N) is 2. The van der Waals surface area contributed by atoms with Crippen LogP contribution in [0.2, 0.25) is 0 Å². The van der Waals surface area contributed by atoms with Crippen LogP contribution in [0.5, 0.6) is 0 Å². The first-order valence-electron chi connectivity index (χ1n) is 31.8. The first kappa shape index (κ1) is 70.7. The number of benzene rings is 8. The molecule has 4 amide bonds. The number of carbonyl (C=O) groups is 5. The molecule has 92 heavy (non-hydrogen) atoms. The average molecular weight is 1270 g/mol. The second kappa shape index (κ2) is 40.1. The Morgan fingerprint density at radius 2 is 0.674 bits per heavy atom. The summed E-state index contributed by atoms with van der Waals surface area (Å²) >= 11 is 0. The molecule has 8 rings (SSSR count). The minimum Gasteiger partial charge on any atom is -0.379 e. The van der Waals surface area contributed by atoms with Crippen LogP contribution in [0, 0.1) is 0 Å². The van der Waals surface area contributed by atoms with Crippen LogP contribution in [0.25, 0.3) is 64.6 Å². The monoisotopic (exact) mass is 1270 g/mol. The van der Waals surface area contributed by atoms with Crippen molar-refractivity contribution < 1.29 is 80.8 Å². The zero-order valence-electron chi connectivity index (χ0n) is 52.6. The second-order valence-corrected chi connectivity index (χ2v) is 21.8. The molecule has 0 spiro atoms. The summed E-state index contributed by atoms with van der Waals surface area (Å²) in [7, 11) is 0. The van der Waals surface area contributed by atoms with Gasteiger partial charge < -0.3 is 84.3 Å². The van der Waals surface area contributed by atoms with Gasteiger partial charge in [0.05, 0.1) is 171 Å². The molecule has 2 atom stereocenters. The molecule has 22 heteroatoms. The smallest absolute Gasteiger partial charge is 0.243 e. The molecule has 7 N–H and O–H groups in total. The predicted octanol–water partition coefficient (Wildman–Crippen LogP) is 5.74. The lowest BCUT2D eigenvalue weighted by Gasteiger charge is -2.22. The van der Waals surface area contributed by atoms with Crippen LogP contribution in [0.3, 0.4) is 0 Å². The molecule has 8 aromatic carbocycles. The largest absolute Gasteiger partial charge is 0.379 e. The number of ketones is 1. The number of carbonyl (C=O) groups excluding carboxylic acids is 5. The molecular formula is C70H89N5O17. The molecule has 496 valence electrons. The third-order valence-corrected chi connectivity index (χ3v) is 15.3. The van der Waals surface area contributed by atoms with Crippen molar-refractivity contribution in [1.82, 2.24) is 16.0 Å². The third kappa shape index (κ3) is 22.9. The number of rotatable bonds is 51. The highest BCUT2D eigenvalue weighted by molar-refractivity contribution is 6.24. The summed E-state index contributed by atoms with van der Waals surface area (Å²) in [6.07, 6.45) is -0.247. The number of hydrogen-bond donors (Lipinski definition) is 5. The Morgan fingerprint density at radius 1 is 0.348 bits per heavy atom. The Labute approximate surface area is 536 Å². The molecule has 22 nitrogen and oxygen atoms in total. The molecule has 0 fully saturated rings. The molecule has 0 aliphatic rings. The maximum atomic E-state index is 14.7. The molecular weight excluding hydrogens is 1180 g/mol. The van der Waals surface area contributed by atoms with Crippen LogP contribution >= 0.6 is 0 Å². The number of amides is 4. The van der Waals surface area contributed by atoms with Gasteiger partial charge in [-0.3, -0.25) is 24.0 Å². The van der Waals surface area contributed by atoms with Gasteiger partial charge in [0.1, 0.15) is 6.04 Å². The Hall–Kier alpha value is -7.13. The van der Waals surface area contributed by atoms with E-state index in [1.54, 1.807) is 0 Å². The van der Waals surface area contributed by atoms with Gasteiger partial charge in [-0.15, -0.1) is 0 Å². The van der Waals surface area contributed by atoms with Crippen LogP contribution < -0.4 is 27.4 Å².